The highest BCUT2D eigenvalue weighted by atomic mass is 32.1. The summed E-state index contributed by atoms with van der Waals surface area (Å²) in [7, 11) is 0. The van der Waals surface area contributed by atoms with Crippen LogP contribution in [0.5, 0.6) is 0 Å². The van der Waals surface area contributed by atoms with E-state index in [1.807, 2.05) is 18.2 Å². The smallest absolute Gasteiger partial charge is 0.283 e. The lowest BCUT2D eigenvalue weighted by Crippen LogP contribution is -2.35. The van der Waals surface area contributed by atoms with Gasteiger partial charge in [-0.2, -0.15) is 0 Å². The van der Waals surface area contributed by atoms with Gasteiger partial charge >= 0.3 is 0 Å². The van der Waals surface area contributed by atoms with Crippen molar-refractivity contribution in [3.05, 3.63) is 49.7 Å². The molecule has 0 aliphatic carbocycles. The minimum Gasteiger partial charge on any atom is -0.398 e. The molecule has 1 aliphatic rings. The van der Waals surface area contributed by atoms with Gasteiger partial charge < -0.3 is 10.6 Å². The number of nitrogen functional groups attached to an aromatic ring is 1. The van der Waals surface area contributed by atoms with Crippen LogP contribution < -0.4 is 10.6 Å². The van der Waals surface area contributed by atoms with Gasteiger partial charge in [-0.1, -0.05) is 6.07 Å². The molecular weight excluding hydrogens is 302 g/mol. The number of benzene rings is 1. The van der Waals surface area contributed by atoms with Gasteiger partial charge in [0.05, 0.1) is 14.7 Å². The molecule has 2 N–H and O–H groups in total. The largest absolute Gasteiger partial charge is 0.398 e. The number of nitrogens with two attached hydrogens (primary N) is 1. The number of carbonyl (C=O) groups is 1. The summed E-state index contributed by atoms with van der Waals surface area (Å²) >= 11 is 1.16. The summed E-state index contributed by atoms with van der Waals surface area (Å²) in [5, 5.41) is 10.9. The van der Waals surface area contributed by atoms with Crippen molar-refractivity contribution < 1.29 is 9.72 Å². The summed E-state index contributed by atoms with van der Waals surface area (Å²) in [6, 6.07) is 6.88. The molecule has 0 fully saturated rings. The molecule has 6 nitrogen and oxygen atoms in total. The van der Waals surface area contributed by atoms with Gasteiger partial charge in [0.15, 0.2) is 0 Å². The summed E-state index contributed by atoms with van der Waals surface area (Å²) in [5.41, 5.74) is 8.45. The zero-order chi connectivity index (χ0) is 15.9. The molecule has 0 saturated carbocycles. The number of fused-ring (bicyclic) bond motifs is 1. The molecule has 2 aromatic rings. The number of nitrogens with zero attached hydrogens (tertiary/aromatic N) is 2. The SMILES string of the molecule is Cc1sc(C(=O)N2CCCc3c(N)cccc32)cc1[N+](=O)[O-]. The van der Waals surface area contributed by atoms with Crippen molar-refractivity contribution in [1.82, 2.24) is 0 Å². The minimum absolute atomic E-state index is 0.00171. The first-order valence-electron chi connectivity index (χ1n) is 6.93. The number of aryl methyl sites for hydroxylation is 1. The molecule has 0 atom stereocenters. The lowest BCUT2D eigenvalue weighted by molar-refractivity contribution is -0.385. The van der Waals surface area contributed by atoms with Gasteiger partial charge in [-0.15, -0.1) is 11.3 Å². The van der Waals surface area contributed by atoms with Crippen LogP contribution in [0.2, 0.25) is 0 Å². The molecule has 0 radical (unpaired) electrons. The van der Waals surface area contributed by atoms with Crippen LogP contribution in [0.4, 0.5) is 17.1 Å². The first-order chi connectivity index (χ1) is 10.5. The van der Waals surface area contributed by atoms with E-state index in [0.717, 1.165) is 35.4 Å². The second kappa shape index (κ2) is 5.42. The average Bonchev–Trinajstić information content (AvgIpc) is 2.89. The predicted molar refractivity (Wildman–Crippen MR) is 86.6 cm³/mol. The monoisotopic (exact) mass is 317 g/mol. The fraction of sp³-hybridized carbons (Fsp3) is 0.267. The number of anilines is 2. The Morgan fingerprint density at radius 3 is 2.91 bits per heavy atom. The summed E-state index contributed by atoms with van der Waals surface area (Å²) in [6.45, 7) is 2.25. The number of hydrogen-bond acceptors (Lipinski definition) is 5. The molecule has 22 heavy (non-hydrogen) atoms. The minimum atomic E-state index is -0.454. The Hall–Kier alpha value is -2.41. The molecule has 2 heterocycles. The molecule has 1 aliphatic heterocycles. The maximum atomic E-state index is 12.7. The van der Waals surface area contributed by atoms with E-state index in [-0.39, 0.29) is 11.6 Å². The summed E-state index contributed by atoms with van der Waals surface area (Å²) in [5.74, 6) is -0.201. The quantitative estimate of drug-likeness (QED) is 0.523. The van der Waals surface area contributed by atoms with E-state index in [9.17, 15) is 14.9 Å². The number of nitro groups is 1. The molecule has 1 aromatic carbocycles. The van der Waals surface area contributed by atoms with Crippen LogP contribution in [0, 0.1) is 17.0 Å². The van der Waals surface area contributed by atoms with Gasteiger partial charge in [0, 0.05) is 24.0 Å². The van der Waals surface area contributed by atoms with Crippen LogP contribution in [-0.2, 0) is 6.42 Å². The van der Waals surface area contributed by atoms with Crippen LogP contribution in [0.15, 0.2) is 24.3 Å². The van der Waals surface area contributed by atoms with Crippen LogP contribution in [0.1, 0.15) is 26.5 Å². The number of amides is 1. The molecular formula is C15H15N3O3S. The van der Waals surface area contributed by atoms with E-state index < -0.39 is 4.92 Å². The maximum Gasteiger partial charge on any atom is 0.283 e. The number of hydrogen-bond donors (Lipinski definition) is 1. The fourth-order valence-corrected chi connectivity index (χ4v) is 3.69. The standard InChI is InChI=1S/C15H15N3O3S/c1-9-13(18(20)21)8-14(22-9)15(19)17-7-3-4-10-11(16)5-2-6-12(10)17/h2,5-6,8H,3-4,7,16H2,1H3. The highest BCUT2D eigenvalue weighted by Crippen LogP contribution is 2.35. The summed E-state index contributed by atoms with van der Waals surface area (Å²) < 4.78 is 0. The molecule has 1 aromatic heterocycles. The van der Waals surface area contributed by atoms with E-state index in [0.29, 0.717) is 22.0 Å². The van der Waals surface area contributed by atoms with Crippen molar-refractivity contribution in [1.29, 1.82) is 0 Å². The summed E-state index contributed by atoms with van der Waals surface area (Å²) in [4.78, 5) is 25.8. The van der Waals surface area contributed by atoms with Gasteiger partial charge in [-0.25, -0.2) is 0 Å². The van der Waals surface area contributed by atoms with Crippen molar-refractivity contribution >= 4 is 34.3 Å². The third-order valence-electron chi connectivity index (χ3n) is 3.83. The zero-order valence-corrected chi connectivity index (χ0v) is 12.9. The first kappa shape index (κ1) is 14.5. The molecule has 0 saturated heterocycles. The Morgan fingerprint density at radius 2 is 2.23 bits per heavy atom. The Bertz CT molecular complexity index is 769. The Labute approximate surface area is 131 Å². The van der Waals surface area contributed by atoms with Gasteiger partial charge in [-0.3, -0.25) is 14.9 Å². The van der Waals surface area contributed by atoms with E-state index in [1.165, 1.54) is 6.07 Å². The van der Waals surface area contributed by atoms with Crippen LogP contribution >= 0.6 is 11.3 Å². The third kappa shape index (κ3) is 2.33. The van der Waals surface area contributed by atoms with Gasteiger partial charge in [-0.05, 0) is 37.5 Å². The van der Waals surface area contributed by atoms with Crippen molar-refractivity contribution in [3.63, 3.8) is 0 Å². The molecule has 1 amide bonds. The van der Waals surface area contributed by atoms with E-state index in [1.54, 1.807) is 11.8 Å². The Kier molecular flexibility index (Phi) is 3.58. The lowest BCUT2D eigenvalue weighted by Gasteiger charge is -2.29. The third-order valence-corrected chi connectivity index (χ3v) is 4.86. The second-order valence-electron chi connectivity index (χ2n) is 5.21. The van der Waals surface area contributed by atoms with Crippen molar-refractivity contribution in [2.45, 2.75) is 19.8 Å². The zero-order valence-electron chi connectivity index (χ0n) is 12.0. The molecule has 7 heteroatoms. The predicted octanol–water partition coefficient (Wildman–Crippen LogP) is 3.14. The number of carbonyl (C=O) groups excluding carboxylic acids is 1. The van der Waals surface area contributed by atoms with Crippen LogP contribution in [0.3, 0.4) is 0 Å². The topological polar surface area (TPSA) is 89.5 Å². The molecule has 0 unspecified atom stereocenters. The van der Waals surface area contributed by atoms with E-state index >= 15 is 0 Å². The number of thiophene rings is 1. The van der Waals surface area contributed by atoms with Crippen molar-refractivity contribution in [2.75, 3.05) is 17.2 Å². The second-order valence-corrected chi connectivity index (χ2v) is 6.47. The molecule has 3 rings (SSSR count). The Balaban J connectivity index is 1.99. The highest BCUT2D eigenvalue weighted by Gasteiger charge is 2.28. The van der Waals surface area contributed by atoms with Crippen molar-refractivity contribution in [2.24, 2.45) is 0 Å². The van der Waals surface area contributed by atoms with Crippen LogP contribution in [-0.4, -0.2) is 17.4 Å². The molecule has 0 spiro atoms. The fourth-order valence-electron chi connectivity index (χ4n) is 2.75. The van der Waals surface area contributed by atoms with Gasteiger partial charge in [0.25, 0.3) is 11.6 Å². The van der Waals surface area contributed by atoms with Gasteiger partial charge in [0.1, 0.15) is 0 Å². The Morgan fingerprint density at radius 1 is 1.45 bits per heavy atom. The lowest BCUT2D eigenvalue weighted by atomic mass is 10.00. The summed E-state index contributed by atoms with van der Waals surface area (Å²) in [6.07, 6.45) is 1.68. The van der Waals surface area contributed by atoms with E-state index in [4.69, 9.17) is 5.73 Å². The highest BCUT2D eigenvalue weighted by molar-refractivity contribution is 7.14. The van der Waals surface area contributed by atoms with E-state index in [2.05, 4.69) is 0 Å². The van der Waals surface area contributed by atoms with Gasteiger partial charge in [0.2, 0.25) is 0 Å². The normalized spacial score (nSPS) is 13.8. The number of rotatable bonds is 2. The van der Waals surface area contributed by atoms with Crippen LogP contribution in [0.25, 0.3) is 0 Å². The average molecular weight is 317 g/mol. The van der Waals surface area contributed by atoms with Crippen molar-refractivity contribution in [3.8, 4) is 0 Å². The first-order valence-corrected chi connectivity index (χ1v) is 7.74. The molecule has 0 bridgehead atoms. The molecule has 114 valence electrons. The maximum absolute atomic E-state index is 12.7.